The van der Waals surface area contributed by atoms with Crippen LogP contribution in [0.1, 0.15) is 30.0 Å². The summed E-state index contributed by atoms with van der Waals surface area (Å²) in [5.74, 6) is 1.15. The minimum absolute atomic E-state index is 0.224. The Balaban J connectivity index is 2.03. The van der Waals surface area contributed by atoms with Gasteiger partial charge in [-0.2, -0.15) is 0 Å². The van der Waals surface area contributed by atoms with E-state index in [0.717, 1.165) is 30.6 Å². The van der Waals surface area contributed by atoms with E-state index < -0.39 is 0 Å². The second kappa shape index (κ2) is 8.32. The van der Waals surface area contributed by atoms with E-state index >= 15 is 0 Å². The molecule has 0 saturated carbocycles. The fourth-order valence-corrected chi connectivity index (χ4v) is 2.76. The molecule has 3 heteroatoms. The number of hydrogen-bond donors (Lipinski definition) is 0. The minimum Gasteiger partial charge on any atom is -0.496 e. The van der Waals surface area contributed by atoms with E-state index in [1.165, 1.54) is 14.7 Å². The monoisotopic (exact) mass is 408 g/mol. The lowest BCUT2D eigenvalue weighted by atomic mass is 10.0. The van der Waals surface area contributed by atoms with Crippen molar-refractivity contribution in [2.24, 2.45) is 0 Å². The number of Topliss-reactive ketones (excluding diaryl/α,β-unsaturated/α-hetero) is 1. The van der Waals surface area contributed by atoms with Crippen LogP contribution in [-0.2, 0) is 24.1 Å². The quantitative estimate of drug-likeness (QED) is 0.626. The number of ketones is 1. The highest BCUT2D eigenvalue weighted by atomic mass is 127. The molecule has 2 aromatic rings. The molecule has 0 N–H and O–H groups in total. The molecule has 116 valence electrons. The second-order valence-electron chi connectivity index (χ2n) is 5.47. The van der Waals surface area contributed by atoms with Crippen LogP contribution in [0.25, 0.3) is 0 Å². The summed E-state index contributed by atoms with van der Waals surface area (Å²) < 4.78 is 6.77. The van der Waals surface area contributed by atoms with Crippen molar-refractivity contribution >= 4 is 28.4 Å². The summed E-state index contributed by atoms with van der Waals surface area (Å²) in [4.78, 5) is 11.1. The number of benzene rings is 2. The molecular formula is C19H21IO2. The van der Waals surface area contributed by atoms with Gasteiger partial charge in [-0.1, -0.05) is 24.3 Å². The van der Waals surface area contributed by atoms with Crippen LogP contribution in [0.5, 0.6) is 5.75 Å². The van der Waals surface area contributed by atoms with E-state index in [0.29, 0.717) is 6.42 Å². The molecule has 2 rings (SSSR count). The maximum Gasteiger partial charge on any atom is 0.130 e. The standard InChI is InChI=1S/C19H21IO2/c1-14(21)3-4-16-6-10-17(19(13-16)22-2)9-5-15-7-11-18(20)12-8-15/h6-8,10-13H,3-5,9H2,1-2H3. The Morgan fingerprint density at radius 3 is 2.32 bits per heavy atom. The van der Waals surface area contributed by atoms with Crippen LogP contribution in [0.4, 0.5) is 0 Å². The molecule has 0 aliphatic rings. The van der Waals surface area contributed by atoms with E-state index in [2.05, 4.69) is 65.1 Å². The van der Waals surface area contributed by atoms with Crippen molar-refractivity contribution in [3.63, 3.8) is 0 Å². The number of methoxy groups -OCH3 is 1. The lowest BCUT2D eigenvalue weighted by molar-refractivity contribution is -0.116. The van der Waals surface area contributed by atoms with Crippen molar-refractivity contribution in [3.8, 4) is 5.75 Å². The van der Waals surface area contributed by atoms with Crippen LogP contribution < -0.4 is 4.74 Å². The maximum atomic E-state index is 11.1. The summed E-state index contributed by atoms with van der Waals surface area (Å²) in [6, 6.07) is 14.9. The molecule has 0 fully saturated rings. The molecule has 0 aliphatic carbocycles. The van der Waals surface area contributed by atoms with Gasteiger partial charge in [0.1, 0.15) is 11.5 Å². The first-order valence-corrected chi connectivity index (χ1v) is 8.56. The van der Waals surface area contributed by atoms with Gasteiger partial charge in [0, 0.05) is 9.99 Å². The summed E-state index contributed by atoms with van der Waals surface area (Å²) in [6.07, 6.45) is 3.32. The van der Waals surface area contributed by atoms with Gasteiger partial charge in [-0.05, 0) is 83.7 Å². The van der Waals surface area contributed by atoms with Crippen molar-refractivity contribution in [1.29, 1.82) is 0 Å². The van der Waals surface area contributed by atoms with Crippen LogP contribution >= 0.6 is 22.6 Å². The number of carbonyl (C=O) groups excluding carboxylic acids is 1. The number of aryl methyl sites for hydroxylation is 3. The van der Waals surface area contributed by atoms with Crippen LogP contribution in [0.2, 0.25) is 0 Å². The topological polar surface area (TPSA) is 26.3 Å². The van der Waals surface area contributed by atoms with Crippen molar-refractivity contribution in [3.05, 3.63) is 62.7 Å². The van der Waals surface area contributed by atoms with Crippen LogP contribution in [-0.4, -0.2) is 12.9 Å². The first-order valence-electron chi connectivity index (χ1n) is 7.48. The number of carbonyl (C=O) groups is 1. The highest BCUT2D eigenvalue weighted by Gasteiger charge is 2.06. The normalized spacial score (nSPS) is 10.5. The van der Waals surface area contributed by atoms with Crippen LogP contribution in [0.3, 0.4) is 0 Å². The zero-order valence-corrected chi connectivity index (χ0v) is 15.2. The Bertz CT molecular complexity index is 632. The highest BCUT2D eigenvalue weighted by Crippen LogP contribution is 2.23. The Morgan fingerprint density at radius 2 is 1.68 bits per heavy atom. The molecule has 2 nitrogen and oxygen atoms in total. The molecule has 0 saturated heterocycles. The molecule has 0 heterocycles. The predicted molar refractivity (Wildman–Crippen MR) is 98.6 cm³/mol. The fraction of sp³-hybridized carbons (Fsp3) is 0.316. The largest absolute Gasteiger partial charge is 0.496 e. The second-order valence-corrected chi connectivity index (χ2v) is 6.72. The SMILES string of the molecule is COc1cc(CCC(C)=O)ccc1CCc1ccc(I)cc1. The van der Waals surface area contributed by atoms with Gasteiger partial charge in [-0.25, -0.2) is 0 Å². The Hall–Kier alpha value is -1.36. The summed E-state index contributed by atoms with van der Waals surface area (Å²) in [5, 5.41) is 0. The Kier molecular flexibility index (Phi) is 6.43. The van der Waals surface area contributed by atoms with Gasteiger partial charge in [0.05, 0.1) is 7.11 Å². The molecule has 0 unspecified atom stereocenters. The lowest BCUT2D eigenvalue weighted by Gasteiger charge is -2.11. The third-order valence-corrected chi connectivity index (χ3v) is 4.43. The van der Waals surface area contributed by atoms with Gasteiger partial charge in [0.2, 0.25) is 0 Å². The molecule has 0 aliphatic heterocycles. The van der Waals surface area contributed by atoms with Crippen LogP contribution in [0.15, 0.2) is 42.5 Å². The zero-order chi connectivity index (χ0) is 15.9. The van der Waals surface area contributed by atoms with Crippen molar-refractivity contribution in [1.82, 2.24) is 0 Å². The molecule has 22 heavy (non-hydrogen) atoms. The fourth-order valence-electron chi connectivity index (χ4n) is 2.40. The number of ether oxygens (including phenoxy) is 1. The first-order chi connectivity index (χ1) is 10.6. The Morgan fingerprint density at radius 1 is 1.00 bits per heavy atom. The van der Waals surface area contributed by atoms with Gasteiger partial charge >= 0.3 is 0 Å². The number of halogens is 1. The van der Waals surface area contributed by atoms with E-state index in [9.17, 15) is 4.79 Å². The summed E-state index contributed by atoms with van der Waals surface area (Å²) >= 11 is 2.32. The molecule has 0 aromatic heterocycles. The first kappa shape index (κ1) is 17.0. The lowest BCUT2D eigenvalue weighted by Crippen LogP contribution is -1.99. The molecule has 0 radical (unpaired) electrons. The summed E-state index contributed by atoms with van der Waals surface area (Å²) in [6.45, 7) is 1.63. The molecule has 0 amide bonds. The average molecular weight is 408 g/mol. The summed E-state index contributed by atoms with van der Waals surface area (Å²) in [7, 11) is 1.71. The highest BCUT2D eigenvalue weighted by molar-refractivity contribution is 14.1. The Labute approximate surface area is 146 Å². The maximum absolute atomic E-state index is 11.1. The van der Waals surface area contributed by atoms with Gasteiger partial charge in [0.25, 0.3) is 0 Å². The number of rotatable bonds is 7. The minimum atomic E-state index is 0.224. The molecule has 0 atom stereocenters. The van der Waals surface area contributed by atoms with Crippen molar-refractivity contribution in [2.75, 3.05) is 7.11 Å². The molecular weight excluding hydrogens is 387 g/mol. The average Bonchev–Trinajstić information content (AvgIpc) is 2.52. The molecule has 0 bridgehead atoms. The summed E-state index contributed by atoms with van der Waals surface area (Å²) in [5.41, 5.74) is 3.71. The van der Waals surface area contributed by atoms with E-state index in [-0.39, 0.29) is 5.78 Å². The zero-order valence-electron chi connectivity index (χ0n) is 13.1. The van der Waals surface area contributed by atoms with E-state index in [1.807, 2.05) is 0 Å². The molecule has 0 spiro atoms. The number of hydrogen-bond acceptors (Lipinski definition) is 2. The predicted octanol–water partition coefficient (Wildman–Crippen LogP) is 4.61. The van der Waals surface area contributed by atoms with Gasteiger partial charge in [-0.15, -0.1) is 0 Å². The van der Waals surface area contributed by atoms with Gasteiger partial charge in [-0.3, -0.25) is 0 Å². The van der Waals surface area contributed by atoms with Gasteiger partial charge in [0.15, 0.2) is 0 Å². The van der Waals surface area contributed by atoms with Crippen molar-refractivity contribution in [2.45, 2.75) is 32.6 Å². The molecule has 2 aromatic carbocycles. The third-order valence-electron chi connectivity index (χ3n) is 3.71. The van der Waals surface area contributed by atoms with Crippen molar-refractivity contribution < 1.29 is 9.53 Å². The van der Waals surface area contributed by atoms with E-state index in [1.54, 1.807) is 14.0 Å². The smallest absolute Gasteiger partial charge is 0.130 e. The van der Waals surface area contributed by atoms with Gasteiger partial charge < -0.3 is 9.53 Å². The third kappa shape index (κ3) is 5.13. The van der Waals surface area contributed by atoms with Crippen LogP contribution in [0, 0.1) is 3.57 Å². The van der Waals surface area contributed by atoms with E-state index in [4.69, 9.17) is 4.74 Å².